The number of H-pyrrole nitrogens is 1. The number of nitrogens with zero attached hydrogens (tertiary/aromatic N) is 5. The van der Waals surface area contributed by atoms with Crippen LogP contribution < -0.4 is 16.0 Å². The van der Waals surface area contributed by atoms with Gasteiger partial charge in [-0.2, -0.15) is 15.1 Å². The molecule has 0 saturated carbocycles. The van der Waals surface area contributed by atoms with Crippen molar-refractivity contribution < 1.29 is 9.59 Å². The molecule has 0 radical (unpaired) electrons. The number of amides is 2. The molecule has 0 aromatic carbocycles. The Balaban J connectivity index is 1.56. The van der Waals surface area contributed by atoms with E-state index in [2.05, 4.69) is 42.6 Å². The molecular weight excluding hydrogens is 434 g/mol. The molecule has 11 nitrogen and oxygen atoms in total. The summed E-state index contributed by atoms with van der Waals surface area (Å²) in [6, 6.07) is 0.0138. The van der Waals surface area contributed by atoms with E-state index in [0.717, 1.165) is 12.8 Å². The van der Waals surface area contributed by atoms with Crippen molar-refractivity contribution in [3.63, 3.8) is 0 Å². The molecule has 3 aromatic rings. The Kier molecular flexibility index (Phi) is 6.26. The van der Waals surface area contributed by atoms with Crippen LogP contribution in [0, 0.1) is 0 Å². The van der Waals surface area contributed by atoms with Crippen molar-refractivity contribution in [1.29, 1.82) is 0 Å². The van der Waals surface area contributed by atoms with Crippen LogP contribution in [-0.2, 0) is 16.1 Å². The van der Waals surface area contributed by atoms with Crippen LogP contribution in [0.2, 0.25) is 5.02 Å². The van der Waals surface area contributed by atoms with Gasteiger partial charge >= 0.3 is 0 Å². The first-order valence-electron chi connectivity index (χ1n) is 10.2. The third-order valence-electron chi connectivity index (χ3n) is 5.21. The van der Waals surface area contributed by atoms with Gasteiger partial charge < -0.3 is 25.8 Å². The molecule has 0 spiro atoms. The number of rotatable bonds is 7. The quantitative estimate of drug-likeness (QED) is 0.398. The molecule has 1 atom stereocenters. The van der Waals surface area contributed by atoms with Crippen LogP contribution in [0.1, 0.15) is 12.8 Å². The van der Waals surface area contributed by atoms with Gasteiger partial charge in [-0.05, 0) is 18.9 Å². The molecule has 1 fully saturated rings. The number of fused-ring (bicyclic) bond motifs is 1. The summed E-state index contributed by atoms with van der Waals surface area (Å²) in [7, 11) is 1.57. The van der Waals surface area contributed by atoms with Crippen LogP contribution in [0.5, 0.6) is 0 Å². The van der Waals surface area contributed by atoms with Gasteiger partial charge in [-0.1, -0.05) is 18.2 Å². The number of likely N-dealkylation sites (tertiary alicyclic amines) is 1. The van der Waals surface area contributed by atoms with Gasteiger partial charge in [-0.15, -0.1) is 0 Å². The van der Waals surface area contributed by atoms with Gasteiger partial charge in [0.1, 0.15) is 18.0 Å². The predicted molar refractivity (Wildman–Crippen MR) is 122 cm³/mol. The van der Waals surface area contributed by atoms with Crippen molar-refractivity contribution in [2.45, 2.75) is 25.4 Å². The molecule has 1 saturated heterocycles. The summed E-state index contributed by atoms with van der Waals surface area (Å²) in [6.45, 7) is 4.94. The molecule has 32 heavy (non-hydrogen) atoms. The van der Waals surface area contributed by atoms with E-state index < -0.39 is 0 Å². The molecule has 2 amide bonds. The van der Waals surface area contributed by atoms with E-state index >= 15 is 0 Å². The van der Waals surface area contributed by atoms with E-state index in [-0.39, 0.29) is 24.4 Å². The van der Waals surface area contributed by atoms with Crippen LogP contribution in [0.3, 0.4) is 0 Å². The number of anilines is 3. The van der Waals surface area contributed by atoms with Crippen LogP contribution in [-0.4, -0.2) is 67.6 Å². The highest BCUT2D eigenvalue weighted by molar-refractivity contribution is 6.36. The summed E-state index contributed by atoms with van der Waals surface area (Å²) >= 11 is 6.37. The van der Waals surface area contributed by atoms with Gasteiger partial charge in [0.25, 0.3) is 0 Å². The molecule has 12 heteroatoms. The fourth-order valence-electron chi connectivity index (χ4n) is 3.64. The normalized spacial score (nSPS) is 16.1. The lowest BCUT2D eigenvalue weighted by Crippen LogP contribution is -2.44. The number of likely N-dealkylation sites (N-methyl/N-ethyl adjacent to an activating group) is 1. The zero-order valence-electron chi connectivity index (χ0n) is 17.6. The van der Waals surface area contributed by atoms with Crippen molar-refractivity contribution in [2.75, 3.05) is 30.8 Å². The summed E-state index contributed by atoms with van der Waals surface area (Å²) < 4.78 is 1.51. The summed E-state index contributed by atoms with van der Waals surface area (Å²) in [5.74, 6) is 0.675. The van der Waals surface area contributed by atoms with Crippen LogP contribution >= 0.6 is 11.6 Å². The molecule has 0 aliphatic carbocycles. The van der Waals surface area contributed by atoms with E-state index in [9.17, 15) is 9.59 Å². The maximum absolute atomic E-state index is 12.0. The van der Waals surface area contributed by atoms with Crippen molar-refractivity contribution in [2.24, 2.45) is 0 Å². The Bertz CT molecular complexity index is 1160. The van der Waals surface area contributed by atoms with E-state index in [1.807, 2.05) is 0 Å². The third kappa shape index (κ3) is 4.67. The predicted octanol–water partition coefficient (Wildman–Crippen LogP) is 1.89. The number of carbonyl (C=O) groups excluding carboxylic acids is 2. The van der Waals surface area contributed by atoms with Gasteiger partial charge in [0.2, 0.25) is 17.8 Å². The van der Waals surface area contributed by atoms with Crippen LogP contribution in [0.4, 0.5) is 17.5 Å². The minimum absolute atomic E-state index is 0.0138. The highest BCUT2D eigenvalue weighted by Crippen LogP contribution is 2.31. The maximum atomic E-state index is 12.0. The second kappa shape index (κ2) is 9.27. The van der Waals surface area contributed by atoms with Crippen molar-refractivity contribution in [1.82, 2.24) is 34.9 Å². The number of aromatic amines is 1. The fourth-order valence-corrected chi connectivity index (χ4v) is 3.88. The second-order valence-corrected chi connectivity index (χ2v) is 7.86. The second-order valence-electron chi connectivity index (χ2n) is 7.45. The number of nitrogens with one attached hydrogen (secondary N) is 4. The summed E-state index contributed by atoms with van der Waals surface area (Å²) in [5.41, 5.74) is 1.21. The van der Waals surface area contributed by atoms with Gasteiger partial charge in [0.05, 0.1) is 22.3 Å². The van der Waals surface area contributed by atoms with Gasteiger partial charge in [-0.25, -0.2) is 0 Å². The standard InChI is InChI=1S/C20H24ClN9O2/c1-3-16(32)29-6-4-5-12(9-29)25-19-17-14(21)8-23-18(17)27-20(28-19)26-13-7-24-30(10-13)11-15(31)22-2/h3,7-8,10,12H,1,4-6,9,11H2,2H3,(H,22,31)(H3,23,25,26,27,28). The number of hydrogen-bond acceptors (Lipinski definition) is 7. The highest BCUT2D eigenvalue weighted by Gasteiger charge is 2.24. The smallest absolute Gasteiger partial charge is 0.246 e. The summed E-state index contributed by atoms with van der Waals surface area (Å²) in [4.78, 5) is 37.5. The highest BCUT2D eigenvalue weighted by atomic mass is 35.5. The lowest BCUT2D eigenvalue weighted by Gasteiger charge is -2.33. The van der Waals surface area contributed by atoms with Crippen LogP contribution in [0.25, 0.3) is 11.0 Å². The molecule has 4 heterocycles. The van der Waals surface area contributed by atoms with E-state index in [1.54, 1.807) is 30.5 Å². The first-order chi connectivity index (χ1) is 15.5. The van der Waals surface area contributed by atoms with E-state index in [1.165, 1.54) is 10.8 Å². The lowest BCUT2D eigenvalue weighted by molar-refractivity contribution is -0.127. The molecule has 4 rings (SSSR count). The summed E-state index contributed by atoms with van der Waals surface area (Å²) in [5, 5.41) is 14.4. The number of piperidine rings is 1. The monoisotopic (exact) mass is 457 g/mol. The molecule has 0 bridgehead atoms. The van der Waals surface area contributed by atoms with Crippen molar-refractivity contribution in [3.8, 4) is 0 Å². The molecular formula is C20H24ClN9O2. The number of carbonyl (C=O) groups is 2. The Morgan fingerprint density at radius 2 is 2.25 bits per heavy atom. The first-order valence-corrected chi connectivity index (χ1v) is 10.6. The average molecular weight is 458 g/mol. The van der Waals surface area contributed by atoms with Gasteiger partial charge in [0.15, 0.2) is 0 Å². The molecule has 168 valence electrons. The molecule has 4 N–H and O–H groups in total. The summed E-state index contributed by atoms with van der Waals surface area (Å²) in [6.07, 6.45) is 8.04. The Morgan fingerprint density at radius 1 is 1.41 bits per heavy atom. The largest absolute Gasteiger partial charge is 0.365 e. The Morgan fingerprint density at radius 3 is 3.03 bits per heavy atom. The molecule has 1 aliphatic rings. The lowest BCUT2D eigenvalue weighted by atomic mass is 10.1. The first kappa shape index (κ1) is 21.6. The minimum Gasteiger partial charge on any atom is -0.365 e. The van der Waals surface area contributed by atoms with E-state index in [4.69, 9.17) is 11.6 Å². The minimum atomic E-state index is -0.152. The molecule has 1 aliphatic heterocycles. The zero-order valence-corrected chi connectivity index (χ0v) is 18.3. The van der Waals surface area contributed by atoms with Crippen molar-refractivity contribution >= 4 is 51.9 Å². The zero-order chi connectivity index (χ0) is 22.7. The number of halogens is 1. The third-order valence-corrected chi connectivity index (χ3v) is 5.50. The molecule has 3 aromatic heterocycles. The number of aromatic nitrogens is 5. The van der Waals surface area contributed by atoms with Crippen LogP contribution in [0.15, 0.2) is 31.2 Å². The fraction of sp³-hybridized carbons (Fsp3) is 0.350. The molecule has 1 unspecified atom stereocenters. The maximum Gasteiger partial charge on any atom is 0.246 e. The Labute approximate surface area is 189 Å². The van der Waals surface area contributed by atoms with Gasteiger partial charge in [-0.3, -0.25) is 14.3 Å². The van der Waals surface area contributed by atoms with Gasteiger partial charge in [0, 0.05) is 38.6 Å². The SMILES string of the molecule is C=CC(=O)N1CCCC(Nc2nc(Nc3cnn(CC(=O)NC)c3)nc3[nH]cc(Cl)c23)C1. The Hall–Kier alpha value is -3.60. The average Bonchev–Trinajstić information content (AvgIpc) is 3.39. The topological polar surface area (TPSA) is 133 Å². The number of hydrogen-bond donors (Lipinski definition) is 4. The van der Waals surface area contributed by atoms with E-state index in [0.29, 0.717) is 46.6 Å². The van der Waals surface area contributed by atoms with Crippen molar-refractivity contribution in [3.05, 3.63) is 36.3 Å².